The molecular formula is C13H14N2. The van der Waals surface area contributed by atoms with Crippen LogP contribution in [0.2, 0.25) is 0 Å². The first kappa shape index (κ1) is 9.71. The highest BCUT2D eigenvalue weighted by Gasteiger charge is 2.02. The normalized spacial score (nSPS) is 10.3. The lowest BCUT2D eigenvalue weighted by Crippen LogP contribution is -1.91. The smallest absolute Gasteiger partial charge is 0.0349 e. The molecule has 2 N–H and O–H groups in total. The molecule has 0 bridgehead atoms. The molecule has 0 fully saturated rings. The average molecular weight is 198 g/mol. The van der Waals surface area contributed by atoms with Crippen LogP contribution in [0.1, 0.15) is 11.1 Å². The van der Waals surface area contributed by atoms with Crippen molar-refractivity contribution in [1.82, 2.24) is 4.98 Å². The third kappa shape index (κ3) is 1.84. The molecule has 0 aliphatic rings. The van der Waals surface area contributed by atoms with Gasteiger partial charge in [-0.05, 0) is 42.7 Å². The van der Waals surface area contributed by atoms with Crippen LogP contribution in [0.25, 0.3) is 11.1 Å². The molecule has 2 heteroatoms. The van der Waals surface area contributed by atoms with Crippen molar-refractivity contribution in [2.75, 3.05) is 5.73 Å². The number of benzene rings is 1. The van der Waals surface area contributed by atoms with E-state index in [2.05, 4.69) is 18.0 Å². The summed E-state index contributed by atoms with van der Waals surface area (Å²) in [5, 5.41) is 0. The molecule has 2 rings (SSSR count). The standard InChI is InChI=1S/C13H14N2/c1-9-5-6-15-8-12(9)11-4-3-10(2)13(14)7-11/h3-8H,14H2,1-2H3. The van der Waals surface area contributed by atoms with Crippen LogP contribution in [0.5, 0.6) is 0 Å². The molecule has 0 atom stereocenters. The Bertz CT molecular complexity index is 490. The molecule has 0 spiro atoms. The zero-order chi connectivity index (χ0) is 10.8. The number of nitrogens with zero attached hydrogens (tertiary/aromatic N) is 1. The van der Waals surface area contributed by atoms with Gasteiger partial charge in [-0.3, -0.25) is 4.98 Å². The highest BCUT2D eigenvalue weighted by Crippen LogP contribution is 2.25. The van der Waals surface area contributed by atoms with Gasteiger partial charge in [-0.1, -0.05) is 12.1 Å². The molecule has 1 aromatic carbocycles. The highest BCUT2D eigenvalue weighted by atomic mass is 14.6. The van der Waals surface area contributed by atoms with Crippen LogP contribution in [-0.4, -0.2) is 4.98 Å². The van der Waals surface area contributed by atoms with E-state index in [4.69, 9.17) is 5.73 Å². The molecule has 0 amide bonds. The van der Waals surface area contributed by atoms with Crippen LogP contribution in [0.4, 0.5) is 5.69 Å². The van der Waals surface area contributed by atoms with Crippen molar-refractivity contribution in [3.8, 4) is 11.1 Å². The summed E-state index contributed by atoms with van der Waals surface area (Å²) < 4.78 is 0. The Morgan fingerprint density at radius 2 is 1.87 bits per heavy atom. The first-order valence-corrected chi connectivity index (χ1v) is 4.95. The van der Waals surface area contributed by atoms with Gasteiger partial charge >= 0.3 is 0 Å². The second-order valence-corrected chi connectivity index (χ2v) is 3.76. The predicted molar refractivity (Wildman–Crippen MR) is 63.6 cm³/mol. The molecule has 0 radical (unpaired) electrons. The van der Waals surface area contributed by atoms with E-state index in [0.717, 1.165) is 22.4 Å². The van der Waals surface area contributed by atoms with E-state index < -0.39 is 0 Å². The quantitative estimate of drug-likeness (QED) is 0.715. The molecule has 1 aromatic heterocycles. The topological polar surface area (TPSA) is 38.9 Å². The van der Waals surface area contributed by atoms with Crippen molar-refractivity contribution in [3.63, 3.8) is 0 Å². The maximum absolute atomic E-state index is 5.89. The van der Waals surface area contributed by atoms with Crippen LogP contribution in [0, 0.1) is 13.8 Å². The van der Waals surface area contributed by atoms with E-state index in [-0.39, 0.29) is 0 Å². The van der Waals surface area contributed by atoms with Crippen molar-refractivity contribution in [3.05, 3.63) is 47.8 Å². The minimum absolute atomic E-state index is 0.829. The fraction of sp³-hybridized carbons (Fsp3) is 0.154. The van der Waals surface area contributed by atoms with Crippen molar-refractivity contribution in [2.45, 2.75) is 13.8 Å². The Kier molecular flexibility index (Phi) is 2.42. The number of anilines is 1. The van der Waals surface area contributed by atoms with Gasteiger partial charge in [-0.15, -0.1) is 0 Å². The zero-order valence-electron chi connectivity index (χ0n) is 8.99. The largest absolute Gasteiger partial charge is 0.398 e. The second kappa shape index (κ2) is 3.73. The first-order valence-electron chi connectivity index (χ1n) is 4.95. The maximum Gasteiger partial charge on any atom is 0.0349 e. The van der Waals surface area contributed by atoms with E-state index in [1.807, 2.05) is 31.3 Å². The van der Waals surface area contributed by atoms with E-state index in [1.165, 1.54) is 5.56 Å². The molecule has 0 aliphatic carbocycles. The van der Waals surface area contributed by atoms with Crippen LogP contribution in [0.15, 0.2) is 36.7 Å². The predicted octanol–water partition coefficient (Wildman–Crippen LogP) is 2.95. The maximum atomic E-state index is 5.89. The van der Waals surface area contributed by atoms with Gasteiger partial charge < -0.3 is 5.73 Å². The number of aryl methyl sites for hydroxylation is 2. The van der Waals surface area contributed by atoms with Crippen molar-refractivity contribution in [1.29, 1.82) is 0 Å². The highest BCUT2D eigenvalue weighted by molar-refractivity contribution is 5.70. The Hall–Kier alpha value is -1.83. The molecular weight excluding hydrogens is 184 g/mol. The zero-order valence-corrected chi connectivity index (χ0v) is 8.99. The molecule has 0 saturated carbocycles. The summed E-state index contributed by atoms with van der Waals surface area (Å²) in [6.07, 6.45) is 3.68. The van der Waals surface area contributed by atoms with Crippen molar-refractivity contribution in [2.24, 2.45) is 0 Å². The molecule has 2 nitrogen and oxygen atoms in total. The average Bonchev–Trinajstić information content (AvgIpc) is 2.23. The lowest BCUT2D eigenvalue weighted by atomic mass is 10.0. The van der Waals surface area contributed by atoms with Crippen molar-refractivity contribution >= 4 is 5.69 Å². The third-order valence-corrected chi connectivity index (χ3v) is 2.63. The summed E-state index contributed by atoms with van der Waals surface area (Å²) in [4.78, 5) is 4.13. The van der Waals surface area contributed by atoms with Gasteiger partial charge in [0.25, 0.3) is 0 Å². The second-order valence-electron chi connectivity index (χ2n) is 3.76. The van der Waals surface area contributed by atoms with Gasteiger partial charge in [0.15, 0.2) is 0 Å². The molecule has 0 unspecified atom stereocenters. The van der Waals surface area contributed by atoms with E-state index in [9.17, 15) is 0 Å². The third-order valence-electron chi connectivity index (χ3n) is 2.63. The van der Waals surface area contributed by atoms with Crippen molar-refractivity contribution < 1.29 is 0 Å². The summed E-state index contributed by atoms with van der Waals surface area (Å²) in [5.41, 5.74) is 11.3. The fourth-order valence-corrected chi connectivity index (χ4v) is 1.57. The SMILES string of the molecule is Cc1ccc(-c2cnccc2C)cc1N. The molecule has 15 heavy (non-hydrogen) atoms. The first-order chi connectivity index (χ1) is 7.18. The Morgan fingerprint density at radius 3 is 2.53 bits per heavy atom. The van der Waals surface area contributed by atoms with E-state index in [1.54, 1.807) is 6.20 Å². The number of nitrogen functional groups attached to an aromatic ring is 1. The Balaban J connectivity index is 2.55. The number of hydrogen-bond acceptors (Lipinski definition) is 2. The number of aromatic nitrogens is 1. The van der Waals surface area contributed by atoms with Crippen LogP contribution >= 0.6 is 0 Å². The van der Waals surface area contributed by atoms with Gasteiger partial charge in [-0.2, -0.15) is 0 Å². The summed E-state index contributed by atoms with van der Waals surface area (Å²) in [6, 6.07) is 8.12. The number of hydrogen-bond donors (Lipinski definition) is 1. The molecule has 2 aromatic rings. The minimum atomic E-state index is 0.829. The minimum Gasteiger partial charge on any atom is -0.398 e. The summed E-state index contributed by atoms with van der Waals surface area (Å²) in [5.74, 6) is 0. The number of nitrogens with two attached hydrogens (primary N) is 1. The van der Waals surface area contributed by atoms with Crippen LogP contribution in [0.3, 0.4) is 0 Å². The van der Waals surface area contributed by atoms with Gasteiger partial charge in [0.05, 0.1) is 0 Å². The Labute approximate surface area is 89.8 Å². The van der Waals surface area contributed by atoms with Crippen LogP contribution < -0.4 is 5.73 Å². The molecule has 0 saturated heterocycles. The van der Waals surface area contributed by atoms with Gasteiger partial charge in [-0.25, -0.2) is 0 Å². The molecule has 0 aliphatic heterocycles. The Morgan fingerprint density at radius 1 is 1.07 bits per heavy atom. The molecule has 1 heterocycles. The van der Waals surface area contributed by atoms with E-state index >= 15 is 0 Å². The van der Waals surface area contributed by atoms with Gasteiger partial charge in [0.1, 0.15) is 0 Å². The summed E-state index contributed by atoms with van der Waals surface area (Å²) in [7, 11) is 0. The lowest BCUT2D eigenvalue weighted by molar-refractivity contribution is 1.28. The number of pyridine rings is 1. The monoisotopic (exact) mass is 198 g/mol. The summed E-state index contributed by atoms with van der Waals surface area (Å²) in [6.45, 7) is 4.09. The lowest BCUT2D eigenvalue weighted by Gasteiger charge is -2.07. The van der Waals surface area contributed by atoms with Gasteiger partial charge in [0.2, 0.25) is 0 Å². The fourth-order valence-electron chi connectivity index (χ4n) is 1.57. The number of rotatable bonds is 1. The summed E-state index contributed by atoms with van der Waals surface area (Å²) >= 11 is 0. The van der Waals surface area contributed by atoms with Crippen LogP contribution in [-0.2, 0) is 0 Å². The van der Waals surface area contributed by atoms with Gasteiger partial charge in [0, 0.05) is 23.6 Å². The molecule has 76 valence electrons. The van der Waals surface area contributed by atoms with E-state index in [0.29, 0.717) is 0 Å².